The monoisotopic (exact) mass is 117 g/mol. The Morgan fingerprint density at radius 1 is 1.71 bits per heavy atom. The molecule has 0 bridgehead atoms. The number of rotatable bonds is 0. The van der Waals surface area contributed by atoms with Crippen molar-refractivity contribution in [2.75, 3.05) is 5.75 Å². The Balaban J connectivity index is 2.43. The Morgan fingerprint density at radius 2 is 2.14 bits per heavy atom. The van der Waals surface area contributed by atoms with E-state index in [1.165, 1.54) is 0 Å². The van der Waals surface area contributed by atoms with Crippen LogP contribution in [0.3, 0.4) is 0 Å². The van der Waals surface area contributed by atoms with Crippen molar-refractivity contribution < 1.29 is 0 Å². The fourth-order valence-electron chi connectivity index (χ4n) is 0.513. The van der Waals surface area contributed by atoms with E-state index in [4.69, 9.17) is 5.73 Å². The van der Waals surface area contributed by atoms with Crippen LogP contribution in [-0.4, -0.2) is 16.5 Å². The van der Waals surface area contributed by atoms with Gasteiger partial charge in [0.2, 0.25) is 0 Å². The first kappa shape index (κ1) is 5.45. The highest BCUT2D eigenvalue weighted by Crippen LogP contribution is 2.38. The average Bonchev–Trinajstić information content (AvgIpc) is 1.63. The maximum Gasteiger partial charge on any atom is 0.0274 e. The van der Waals surface area contributed by atoms with Gasteiger partial charge in [0.25, 0.3) is 0 Å². The first-order valence-corrected chi connectivity index (χ1v) is 3.51. The van der Waals surface area contributed by atoms with Crippen LogP contribution < -0.4 is 5.73 Å². The van der Waals surface area contributed by atoms with E-state index < -0.39 is 0 Å². The van der Waals surface area contributed by atoms with Crippen molar-refractivity contribution in [3.8, 4) is 0 Å². The molecule has 0 aliphatic carbocycles. The first-order valence-electron chi connectivity index (χ1n) is 2.52. The van der Waals surface area contributed by atoms with Crippen molar-refractivity contribution in [1.82, 2.24) is 0 Å². The average molecular weight is 117 g/mol. The molecular weight excluding hydrogens is 106 g/mol. The molecule has 1 fully saturated rings. The predicted octanol–water partition coefficient (Wildman–Crippen LogP) is 0.839. The van der Waals surface area contributed by atoms with Gasteiger partial charge in [0.05, 0.1) is 0 Å². The highest BCUT2D eigenvalue weighted by atomic mass is 32.2. The van der Waals surface area contributed by atoms with Gasteiger partial charge in [0, 0.05) is 16.5 Å². The van der Waals surface area contributed by atoms with E-state index in [-0.39, 0.29) is 0 Å². The number of nitrogens with two attached hydrogens (primary N) is 1. The number of thioether (sulfide) groups is 1. The minimum Gasteiger partial charge on any atom is -0.326 e. The van der Waals surface area contributed by atoms with E-state index in [1.54, 1.807) is 0 Å². The summed E-state index contributed by atoms with van der Waals surface area (Å²) in [6.45, 7) is 4.37. The zero-order valence-electron chi connectivity index (χ0n) is 4.77. The standard InChI is InChI=1S/C5H11NS/c1-5(2)4(6)3-7-5/h4H,3,6H2,1-2H3/t4-/m0/s1. The molecule has 0 spiro atoms. The molecule has 0 radical (unpaired) electrons. The molecule has 42 valence electrons. The Labute approximate surface area is 48.7 Å². The summed E-state index contributed by atoms with van der Waals surface area (Å²) in [4.78, 5) is 0. The van der Waals surface area contributed by atoms with Crippen LogP contribution in [0, 0.1) is 0 Å². The van der Waals surface area contributed by atoms with Gasteiger partial charge in [0.1, 0.15) is 0 Å². The van der Waals surface area contributed by atoms with Crippen LogP contribution in [0.4, 0.5) is 0 Å². The smallest absolute Gasteiger partial charge is 0.0274 e. The van der Waals surface area contributed by atoms with Crippen LogP contribution in [0.15, 0.2) is 0 Å². The lowest BCUT2D eigenvalue weighted by Crippen LogP contribution is -2.51. The lowest BCUT2D eigenvalue weighted by Gasteiger charge is -2.40. The van der Waals surface area contributed by atoms with E-state index in [0.29, 0.717) is 10.8 Å². The van der Waals surface area contributed by atoms with Crippen LogP contribution in [0.25, 0.3) is 0 Å². The molecule has 0 saturated carbocycles. The van der Waals surface area contributed by atoms with Crippen molar-refractivity contribution in [2.24, 2.45) is 5.73 Å². The maximum absolute atomic E-state index is 5.64. The Kier molecular flexibility index (Phi) is 1.08. The Morgan fingerprint density at radius 3 is 2.14 bits per heavy atom. The molecule has 1 nitrogen and oxygen atoms in total. The van der Waals surface area contributed by atoms with Crippen LogP contribution in [0.1, 0.15) is 13.8 Å². The van der Waals surface area contributed by atoms with Gasteiger partial charge in [-0.15, -0.1) is 0 Å². The fraction of sp³-hybridized carbons (Fsp3) is 1.00. The molecule has 1 saturated heterocycles. The van der Waals surface area contributed by atoms with Gasteiger partial charge in [-0.25, -0.2) is 0 Å². The summed E-state index contributed by atoms with van der Waals surface area (Å²) in [6, 6.07) is 0.442. The van der Waals surface area contributed by atoms with E-state index in [2.05, 4.69) is 13.8 Å². The van der Waals surface area contributed by atoms with Gasteiger partial charge in [0.15, 0.2) is 0 Å². The second kappa shape index (κ2) is 1.39. The number of hydrogen-bond donors (Lipinski definition) is 1. The van der Waals surface area contributed by atoms with E-state index in [9.17, 15) is 0 Å². The SMILES string of the molecule is CC1(C)SC[C@@H]1N. The summed E-state index contributed by atoms with van der Waals surface area (Å²) in [5.74, 6) is 1.15. The Hall–Kier alpha value is 0.310. The lowest BCUT2D eigenvalue weighted by molar-refractivity contribution is 0.544. The van der Waals surface area contributed by atoms with Gasteiger partial charge < -0.3 is 5.73 Å². The third-order valence-electron chi connectivity index (χ3n) is 1.53. The van der Waals surface area contributed by atoms with Crippen molar-refractivity contribution in [3.63, 3.8) is 0 Å². The van der Waals surface area contributed by atoms with Crippen molar-refractivity contribution >= 4 is 11.8 Å². The zero-order chi connectivity index (χ0) is 5.49. The largest absolute Gasteiger partial charge is 0.326 e. The molecule has 1 aliphatic heterocycles. The summed E-state index contributed by atoms with van der Waals surface area (Å²) < 4.78 is 0.375. The predicted molar refractivity (Wildman–Crippen MR) is 34.5 cm³/mol. The molecule has 0 aromatic carbocycles. The molecule has 1 heterocycles. The second-order valence-electron chi connectivity index (χ2n) is 2.52. The molecule has 0 aromatic heterocycles. The van der Waals surface area contributed by atoms with Gasteiger partial charge in [-0.05, 0) is 13.8 Å². The Bertz CT molecular complexity index is 80.1. The zero-order valence-corrected chi connectivity index (χ0v) is 5.59. The lowest BCUT2D eigenvalue weighted by atomic mass is 10.1. The van der Waals surface area contributed by atoms with E-state index >= 15 is 0 Å². The quantitative estimate of drug-likeness (QED) is 0.509. The normalized spacial score (nSPS) is 37.3. The minimum atomic E-state index is 0.375. The van der Waals surface area contributed by atoms with Gasteiger partial charge in [-0.3, -0.25) is 0 Å². The topological polar surface area (TPSA) is 26.0 Å². The molecule has 2 N–H and O–H groups in total. The van der Waals surface area contributed by atoms with Gasteiger partial charge in [-0.2, -0.15) is 11.8 Å². The van der Waals surface area contributed by atoms with Crippen LogP contribution in [-0.2, 0) is 0 Å². The maximum atomic E-state index is 5.64. The molecule has 1 aliphatic rings. The molecular formula is C5H11NS. The summed E-state index contributed by atoms with van der Waals surface area (Å²) in [7, 11) is 0. The molecule has 0 amide bonds. The summed E-state index contributed by atoms with van der Waals surface area (Å²) in [5, 5.41) is 0. The van der Waals surface area contributed by atoms with Crippen molar-refractivity contribution in [3.05, 3.63) is 0 Å². The van der Waals surface area contributed by atoms with Gasteiger partial charge in [-0.1, -0.05) is 0 Å². The molecule has 2 heteroatoms. The first-order chi connectivity index (χ1) is 3.13. The van der Waals surface area contributed by atoms with E-state index in [1.807, 2.05) is 11.8 Å². The molecule has 0 unspecified atom stereocenters. The van der Waals surface area contributed by atoms with Crippen LogP contribution >= 0.6 is 11.8 Å². The van der Waals surface area contributed by atoms with Crippen LogP contribution in [0.5, 0.6) is 0 Å². The van der Waals surface area contributed by atoms with E-state index in [0.717, 1.165) is 5.75 Å². The molecule has 1 atom stereocenters. The third-order valence-corrected chi connectivity index (χ3v) is 3.10. The third kappa shape index (κ3) is 0.774. The van der Waals surface area contributed by atoms with Gasteiger partial charge >= 0.3 is 0 Å². The second-order valence-corrected chi connectivity index (χ2v) is 4.20. The highest BCUT2D eigenvalue weighted by molar-refractivity contribution is 8.02. The summed E-state index contributed by atoms with van der Waals surface area (Å²) in [6.07, 6.45) is 0. The number of hydrogen-bond acceptors (Lipinski definition) is 2. The minimum absolute atomic E-state index is 0.375. The highest BCUT2D eigenvalue weighted by Gasteiger charge is 2.35. The van der Waals surface area contributed by atoms with Crippen molar-refractivity contribution in [1.29, 1.82) is 0 Å². The summed E-state index contributed by atoms with van der Waals surface area (Å²) >= 11 is 1.95. The van der Waals surface area contributed by atoms with Crippen LogP contribution in [0.2, 0.25) is 0 Å². The molecule has 1 rings (SSSR count). The molecule has 7 heavy (non-hydrogen) atoms. The molecule has 0 aromatic rings. The van der Waals surface area contributed by atoms with Crippen molar-refractivity contribution in [2.45, 2.75) is 24.6 Å². The fourth-order valence-corrected chi connectivity index (χ4v) is 1.54. The summed E-state index contributed by atoms with van der Waals surface area (Å²) in [5.41, 5.74) is 5.64.